The van der Waals surface area contributed by atoms with Gasteiger partial charge in [-0.15, -0.1) is 10.2 Å². The maximum absolute atomic E-state index is 12.5. The molecule has 0 fully saturated rings. The zero-order valence-electron chi connectivity index (χ0n) is 18.3. The summed E-state index contributed by atoms with van der Waals surface area (Å²) < 4.78 is 1.68. The van der Waals surface area contributed by atoms with E-state index in [-0.39, 0.29) is 28.3 Å². The lowest BCUT2D eigenvalue weighted by atomic mass is 10.2. The summed E-state index contributed by atoms with van der Waals surface area (Å²) in [6, 6.07) is 8.38. The maximum atomic E-state index is 12.5. The number of nitro benzene ring substituents is 1. The fraction of sp³-hybridized carbons (Fsp3) is 0.238. The van der Waals surface area contributed by atoms with Crippen molar-refractivity contribution in [2.24, 2.45) is 7.05 Å². The zero-order valence-corrected chi connectivity index (χ0v) is 20.7. The zero-order chi connectivity index (χ0) is 25.0. The van der Waals surface area contributed by atoms with E-state index in [1.807, 2.05) is 0 Å². The number of non-ortho nitro benzene ring substituents is 1. The number of anilines is 1. The quantitative estimate of drug-likeness (QED) is 0.251. The highest BCUT2D eigenvalue weighted by molar-refractivity contribution is 7.99. The molecule has 2 N–H and O–H groups in total. The Morgan fingerprint density at radius 3 is 2.59 bits per heavy atom. The van der Waals surface area contributed by atoms with E-state index in [1.54, 1.807) is 43.7 Å². The fourth-order valence-electron chi connectivity index (χ4n) is 2.99. The summed E-state index contributed by atoms with van der Waals surface area (Å²) in [4.78, 5) is 35.4. The van der Waals surface area contributed by atoms with Crippen LogP contribution in [0.1, 0.15) is 34.7 Å². The van der Waals surface area contributed by atoms with Crippen molar-refractivity contribution >= 4 is 58.2 Å². The highest BCUT2D eigenvalue weighted by Crippen LogP contribution is 2.25. The minimum Gasteiger partial charge on any atom is -0.342 e. The molecule has 13 heteroatoms. The Bertz CT molecular complexity index is 1270. The van der Waals surface area contributed by atoms with Crippen molar-refractivity contribution in [3.05, 3.63) is 73.5 Å². The van der Waals surface area contributed by atoms with Crippen molar-refractivity contribution < 1.29 is 14.5 Å². The van der Waals surface area contributed by atoms with Crippen LogP contribution in [-0.2, 0) is 11.8 Å². The summed E-state index contributed by atoms with van der Waals surface area (Å²) in [6.45, 7) is 3.50. The van der Waals surface area contributed by atoms with Crippen molar-refractivity contribution in [1.82, 2.24) is 20.1 Å². The first-order valence-electron chi connectivity index (χ1n) is 9.89. The first-order chi connectivity index (χ1) is 16.1. The molecule has 0 aliphatic heterocycles. The molecule has 0 saturated heterocycles. The van der Waals surface area contributed by atoms with Crippen molar-refractivity contribution in [2.75, 3.05) is 11.1 Å². The molecular weight excluding hydrogens is 503 g/mol. The average molecular weight is 523 g/mol. The van der Waals surface area contributed by atoms with Crippen LogP contribution in [0.25, 0.3) is 0 Å². The Balaban J connectivity index is 1.61. The number of carbonyl (C=O) groups is 2. The highest BCUT2D eigenvalue weighted by atomic mass is 35.5. The van der Waals surface area contributed by atoms with Crippen LogP contribution in [0.4, 0.5) is 11.4 Å². The summed E-state index contributed by atoms with van der Waals surface area (Å²) in [7, 11) is 1.72. The van der Waals surface area contributed by atoms with Gasteiger partial charge in [-0.05, 0) is 37.6 Å². The van der Waals surface area contributed by atoms with Gasteiger partial charge in [-0.3, -0.25) is 19.7 Å². The van der Waals surface area contributed by atoms with Gasteiger partial charge in [-0.2, -0.15) is 0 Å². The Kier molecular flexibility index (Phi) is 8.13. The SMILES string of the molecule is Cc1ccc([N+](=O)[O-])cc1NC(=O)CSc1nnc([C@H](C)NC(=O)c2ccc(Cl)c(Cl)c2)n1C. The molecule has 3 aromatic rings. The second-order valence-corrected chi connectivity index (χ2v) is 9.07. The number of aryl methyl sites for hydroxylation is 1. The first-order valence-corrected chi connectivity index (χ1v) is 11.6. The van der Waals surface area contributed by atoms with Gasteiger partial charge in [-0.1, -0.05) is 41.0 Å². The van der Waals surface area contributed by atoms with Crippen molar-refractivity contribution in [2.45, 2.75) is 25.0 Å². The molecule has 0 aliphatic carbocycles. The minimum absolute atomic E-state index is 0.0120. The molecule has 1 aromatic heterocycles. The van der Waals surface area contributed by atoms with Gasteiger partial charge >= 0.3 is 0 Å². The molecule has 34 heavy (non-hydrogen) atoms. The number of aromatic nitrogens is 3. The van der Waals surface area contributed by atoms with Crippen molar-refractivity contribution in [3.63, 3.8) is 0 Å². The van der Waals surface area contributed by atoms with E-state index in [1.165, 1.54) is 18.2 Å². The number of nitrogens with one attached hydrogen (secondary N) is 2. The van der Waals surface area contributed by atoms with Crippen LogP contribution in [0.15, 0.2) is 41.6 Å². The predicted octanol–water partition coefficient (Wildman–Crippen LogP) is 4.56. The van der Waals surface area contributed by atoms with E-state index in [0.717, 1.165) is 11.8 Å². The summed E-state index contributed by atoms with van der Waals surface area (Å²) in [5, 5.41) is 25.8. The average Bonchev–Trinajstić information content (AvgIpc) is 3.15. The summed E-state index contributed by atoms with van der Waals surface area (Å²) in [6.07, 6.45) is 0. The van der Waals surface area contributed by atoms with E-state index in [0.29, 0.717) is 32.8 Å². The van der Waals surface area contributed by atoms with E-state index in [9.17, 15) is 19.7 Å². The predicted molar refractivity (Wildman–Crippen MR) is 131 cm³/mol. The molecule has 0 unspecified atom stereocenters. The van der Waals surface area contributed by atoms with Gasteiger partial charge in [0.2, 0.25) is 5.91 Å². The van der Waals surface area contributed by atoms with Crippen LogP contribution in [0, 0.1) is 17.0 Å². The number of nitro groups is 1. The lowest BCUT2D eigenvalue weighted by Crippen LogP contribution is -2.28. The second-order valence-electron chi connectivity index (χ2n) is 7.32. The van der Waals surface area contributed by atoms with Gasteiger partial charge < -0.3 is 15.2 Å². The Hall–Kier alpha value is -3.15. The minimum atomic E-state index is -0.521. The van der Waals surface area contributed by atoms with Crippen LogP contribution >= 0.6 is 35.0 Å². The van der Waals surface area contributed by atoms with E-state index >= 15 is 0 Å². The van der Waals surface area contributed by atoms with Crippen LogP contribution in [0.5, 0.6) is 0 Å². The smallest absolute Gasteiger partial charge is 0.271 e. The monoisotopic (exact) mass is 522 g/mol. The van der Waals surface area contributed by atoms with E-state index in [4.69, 9.17) is 23.2 Å². The number of nitrogens with zero attached hydrogens (tertiary/aromatic N) is 4. The second kappa shape index (κ2) is 10.9. The maximum Gasteiger partial charge on any atom is 0.271 e. The number of rotatable bonds is 8. The van der Waals surface area contributed by atoms with Crippen LogP contribution in [-0.4, -0.2) is 37.3 Å². The first kappa shape index (κ1) is 25.5. The number of benzene rings is 2. The molecule has 0 radical (unpaired) electrons. The standard InChI is InChI=1S/C21H20Cl2N6O4S/c1-11-4-6-14(29(32)33)9-17(11)25-18(30)10-34-21-27-26-19(28(21)3)12(2)24-20(31)13-5-7-15(22)16(23)8-13/h4-9,12H,10H2,1-3H3,(H,24,31)(H,25,30)/t12-/m0/s1. The molecule has 2 amide bonds. The largest absolute Gasteiger partial charge is 0.342 e. The molecule has 1 heterocycles. The molecule has 178 valence electrons. The summed E-state index contributed by atoms with van der Waals surface area (Å²) >= 11 is 13.0. The summed E-state index contributed by atoms with van der Waals surface area (Å²) in [5.74, 6) is -0.196. The number of halogens is 2. The molecule has 3 rings (SSSR count). The molecule has 1 atom stereocenters. The molecule has 2 aromatic carbocycles. The van der Waals surface area contributed by atoms with Gasteiger partial charge in [0.15, 0.2) is 11.0 Å². The number of carbonyl (C=O) groups excluding carboxylic acids is 2. The number of amides is 2. The van der Waals surface area contributed by atoms with Gasteiger partial charge in [0.1, 0.15) is 0 Å². The molecule has 0 spiro atoms. The third-order valence-electron chi connectivity index (χ3n) is 4.82. The normalized spacial score (nSPS) is 11.7. The Morgan fingerprint density at radius 2 is 1.91 bits per heavy atom. The van der Waals surface area contributed by atoms with Crippen LogP contribution in [0.3, 0.4) is 0 Å². The third-order valence-corrected chi connectivity index (χ3v) is 6.58. The summed E-state index contributed by atoms with van der Waals surface area (Å²) in [5.41, 5.74) is 1.32. The molecule has 10 nitrogen and oxygen atoms in total. The third kappa shape index (κ3) is 6.04. The van der Waals surface area contributed by atoms with Crippen LogP contribution in [0.2, 0.25) is 10.0 Å². The van der Waals surface area contributed by atoms with Crippen molar-refractivity contribution in [3.8, 4) is 0 Å². The van der Waals surface area contributed by atoms with E-state index < -0.39 is 11.0 Å². The van der Waals surface area contributed by atoms with E-state index in [2.05, 4.69) is 20.8 Å². The molecular formula is C21H20Cl2N6O4S. The Morgan fingerprint density at radius 1 is 1.18 bits per heavy atom. The van der Waals surface area contributed by atoms with Crippen LogP contribution < -0.4 is 10.6 Å². The number of hydrogen-bond acceptors (Lipinski definition) is 7. The van der Waals surface area contributed by atoms with Gasteiger partial charge in [-0.25, -0.2) is 0 Å². The topological polar surface area (TPSA) is 132 Å². The number of hydrogen-bond donors (Lipinski definition) is 2. The molecule has 0 bridgehead atoms. The van der Waals surface area contributed by atoms with Gasteiger partial charge in [0.25, 0.3) is 11.6 Å². The Labute approximate surface area is 209 Å². The molecule has 0 aliphatic rings. The van der Waals surface area contributed by atoms with Gasteiger partial charge in [0.05, 0.1) is 32.5 Å². The number of thioether (sulfide) groups is 1. The molecule has 0 saturated carbocycles. The highest BCUT2D eigenvalue weighted by Gasteiger charge is 2.20. The van der Waals surface area contributed by atoms with Gasteiger partial charge in [0, 0.05) is 24.7 Å². The lowest BCUT2D eigenvalue weighted by molar-refractivity contribution is -0.384. The fourth-order valence-corrected chi connectivity index (χ4v) is 4.00. The lowest BCUT2D eigenvalue weighted by Gasteiger charge is -2.14. The van der Waals surface area contributed by atoms with Crippen molar-refractivity contribution in [1.29, 1.82) is 0 Å².